The van der Waals surface area contributed by atoms with Gasteiger partial charge in [0.2, 0.25) is 6.54 Å². The van der Waals surface area contributed by atoms with Crippen LogP contribution in [0.3, 0.4) is 0 Å². The van der Waals surface area contributed by atoms with Crippen LogP contribution in [-0.4, -0.2) is 69.0 Å². The highest BCUT2D eigenvalue weighted by molar-refractivity contribution is 4.91. The summed E-state index contributed by atoms with van der Waals surface area (Å²) in [6.07, 6.45) is -6.88. The molecule has 0 amide bonds. The zero-order chi connectivity index (χ0) is 11.6. The summed E-state index contributed by atoms with van der Waals surface area (Å²) < 4.78 is 4.89. The molecule has 1 heterocycles. The first kappa shape index (κ1) is 12.3. The predicted octanol–water partition coefficient (Wildman–Crippen LogP) is -2.89. The Balaban J connectivity index is 2.69. The number of ether oxygens (including phenoxy) is 1. The summed E-state index contributed by atoms with van der Waals surface area (Å²) in [6, 6.07) is 0. The lowest BCUT2D eigenvalue weighted by atomic mass is 9.95. The standard InChI is InChI=1S/C7H13NO7/c9-2-4-6(11)7(12)5(10)3(15-4)1-8(13)14/h3-7,9-12H,1-2H2/t3-,4+,5+,6+,7+/m0/s1. The van der Waals surface area contributed by atoms with Gasteiger partial charge in [-0.2, -0.15) is 0 Å². The molecular formula is C7H13NO7. The van der Waals surface area contributed by atoms with Gasteiger partial charge in [0.05, 0.1) is 6.61 Å². The topological polar surface area (TPSA) is 133 Å². The largest absolute Gasteiger partial charge is 0.394 e. The molecule has 88 valence electrons. The quantitative estimate of drug-likeness (QED) is 0.298. The van der Waals surface area contributed by atoms with E-state index in [0.717, 1.165) is 0 Å². The molecule has 0 aromatic heterocycles. The first-order valence-electron chi connectivity index (χ1n) is 4.39. The number of nitrogens with zero attached hydrogens (tertiary/aromatic N) is 1. The number of hydrogen-bond donors (Lipinski definition) is 4. The Kier molecular flexibility index (Phi) is 3.94. The summed E-state index contributed by atoms with van der Waals surface area (Å²) >= 11 is 0. The van der Waals surface area contributed by atoms with E-state index in [-0.39, 0.29) is 0 Å². The Hall–Kier alpha value is -0.800. The molecular weight excluding hydrogens is 210 g/mol. The first-order valence-corrected chi connectivity index (χ1v) is 4.39. The van der Waals surface area contributed by atoms with Crippen LogP contribution in [0.2, 0.25) is 0 Å². The van der Waals surface area contributed by atoms with Crippen molar-refractivity contribution >= 4 is 0 Å². The second-order valence-corrected chi connectivity index (χ2v) is 3.38. The molecule has 8 heteroatoms. The summed E-state index contributed by atoms with van der Waals surface area (Å²) in [5.41, 5.74) is 0. The summed E-state index contributed by atoms with van der Waals surface area (Å²) in [5, 5.41) is 46.9. The Bertz CT molecular complexity index is 233. The average Bonchev–Trinajstić information content (AvgIpc) is 2.18. The van der Waals surface area contributed by atoms with Crippen LogP contribution in [0.5, 0.6) is 0 Å². The molecule has 0 unspecified atom stereocenters. The lowest BCUT2D eigenvalue weighted by molar-refractivity contribution is -0.499. The van der Waals surface area contributed by atoms with Gasteiger partial charge < -0.3 is 25.2 Å². The number of hydrogen-bond acceptors (Lipinski definition) is 7. The number of rotatable bonds is 3. The van der Waals surface area contributed by atoms with Crippen LogP contribution in [-0.2, 0) is 4.74 Å². The van der Waals surface area contributed by atoms with Crippen LogP contribution in [0.15, 0.2) is 0 Å². The van der Waals surface area contributed by atoms with E-state index in [0.29, 0.717) is 0 Å². The number of aliphatic hydroxyl groups excluding tert-OH is 4. The lowest BCUT2D eigenvalue weighted by Crippen LogP contribution is -2.60. The molecule has 0 aliphatic carbocycles. The Morgan fingerprint density at radius 3 is 2.13 bits per heavy atom. The molecule has 1 saturated heterocycles. The van der Waals surface area contributed by atoms with Crippen molar-refractivity contribution < 1.29 is 30.1 Å². The third-order valence-electron chi connectivity index (χ3n) is 2.32. The second-order valence-electron chi connectivity index (χ2n) is 3.38. The van der Waals surface area contributed by atoms with Gasteiger partial charge in [-0.1, -0.05) is 0 Å². The zero-order valence-corrected chi connectivity index (χ0v) is 7.76. The Morgan fingerprint density at radius 1 is 1.13 bits per heavy atom. The maximum atomic E-state index is 10.2. The van der Waals surface area contributed by atoms with Crippen LogP contribution in [0.25, 0.3) is 0 Å². The van der Waals surface area contributed by atoms with E-state index in [2.05, 4.69) is 0 Å². The molecule has 0 spiro atoms. The van der Waals surface area contributed by atoms with Gasteiger partial charge >= 0.3 is 0 Å². The smallest absolute Gasteiger partial charge is 0.232 e. The SMILES string of the molecule is O=[N+]([O-])C[C@@H]1O[C@H](CO)[C@@H](O)[C@H](O)[C@@H]1O. The normalized spacial score (nSPS) is 41.5. The van der Waals surface area contributed by atoms with E-state index in [1.54, 1.807) is 0 Å². The highest BCUT2D eigenvalue weighted by atomic mass is 16.6. The molecule has 1 fully saturated rings. The van der Waals surface area contributed by atoms with E-state index in [9.17, 15) is 25.4 Å². The van der Waals surface area contributed by atoms with E-state index in [4.69, 9.17) is 9.84 Å². The van der Waals surface area contributed by atoms with Crippen molar-refractivity contribution in [1.82, 2.24) is 0 Å². The van der Waals surface area contributed by atoms with Crippen molar-refractivity contribution in [3.8, 4) is 0 Å². The minimum Gasteiger partial charge on any atom is -0.394 e. The Morgan fingerprint density at radius 2 is 1.67 bits per heavy atom. The van der Waals surface area contributed by atoms with Gasteiger partial charge in [-0.3, -0.25) is 10.1 Å². The fourth-order valence-electron chi connectivity index (χ4n) is 1.48. The molecule has 0 radical (unpaired) electrons. The fourth-order valence-corrected chi connectivity index (χ4v) is 1.48. The molecule has 0 aromatic rings. The molecule has 1 rings (SSSR count). The summed E-state index contributed by atoms with van der Waals surface area (Å²) in [7, 11) is 0. The highest BCUT2D eigenvalue weighted by Gasteiger charge is 2.45. The van der Waals surface area contributed by atoms with Crippen molar-refractivity contribution in [2.24, 2.45) is 0 Å². The molecule has 0 bridgehead atoms. The molecule has 15 heavy (non-hydrogen) atoms. The van der Waals surface area contributed by atoms with Gasteiger partial charge in [0, 0.05) is 4.92 Å². The molecule has 1 aliphatic heterocycles. The average molecular weight is 223 g/mol. The summed E-state index contributed by atoms with van der Waals surface area (Å²) in [5.74, 6) is 0. The molecule has 0 aromatic carbocycles. The van der Waals surface area contributed by atoms with Gasteiger partial charge in [0.15, 0.2) is 6.10 Å². The molecule has 1 aliphatic rings. The van der Waals surface area contributed by atoms with Crippen molar-refractivity contribution in [2.75, 3.05) is 13.2 Å². The Labute approximate surface area is 84.9 Å². The minimum absolute atomic E-state index is 0.584. The van der Waals surface area contributed by atoms with Crippen LogP contribution in [0, 0.1) is 10.1 Å². The minimum atomic E-state index is -1.55. The second kappa shape index (κ2) is 4.81. The molecule has 4 N–H and O–H groups in total. The van der Waals surface area contributed by atoms with Crippen molar-refractivity contribution in [3.05, 3.63) is 10.1 Å². The third-order valence-corrected chi connectivity index (χ3v) is 2.32. The van der Waals surface area contributed by atoms with E-state index in [1.807, 2.05) is 0 Å². The van der Waals surface area contributed by atoms with Gasteiger partial charge in [-0.05, 0) is 0 Å². The first-order chi connectivity index (χ1) is 6.97. The van der Waals surface area contributed by atoms with E-state index < -0.39 is 48.6 Å². The number of nitro groups is 1. The van der Waals surface area contributed by atoms with Crippen molar-refractivity contribution in [2.45, 2.75) is 30.5 Å². The highest BCUT2D eigenvalue weighted by Crippen LogP contribution is 2.21. The molecule has 5 atom stereocenters. The summed E-state index contributed by atoms with van der Waals surface area (Å²) in [6.45, 7) is -1.28. The molecule has 0 saturated carbocycles. The van der Waals surface area contributed by atoms with Gasteiger partial charge in [0.1, 0.15) is 24.4 Å². The van der Waals surface area contributed by atoms with Crippen LogP contribution in [0.1, 0.15) is 0 Å². The number of aliphatic hydroxyl groups is 4. The fraction of sp³-hybridized carbons (Fsp3) is 1.00. The van der Waals surface area contributed by atoms with Gasteiger partial charge in [0.25, 0.3) is 0 Å². The van der Waals surface area contributed by atoms with Gasteiger partial charge in [-0.15, -0.1) is 0 Å². The summed E-state index contributed by atoms with van der Waals surface area (Å²) in [4.78, 5) is 9.50. The monoisotopic (exact) mass is 223 g/mol. The van der Waals surface area contributed by atoms with Crippen LogP contribution >= 0.6 is 0 Å². The maximum absolute atomic E-state index is 10.2. The van der Waals surface area contributed by atoms with Crippen LogP contribution < -0.4 is 0 Å². The third kappa shape index (κ3) is 2.61. The van der Waals surface area contributed by atoms with E-state index >= 15 is 0 Å². The van der Waals surface area contributed by atoms with E-state index in [1.165, 1.54) is 0 Å². The predicted molar refractivity (Wildman–Crippen MR) is 45.6 cm³/mol. The lowest BCUT2D eigenvalue weighted by Gasteiger charge is -2.38. The van der Waals surface area contributed by atoms with Crippen molar-refractivity contribution in [1.29, 1.82) is 0 Å². The zero-order valence-electron chi connectivity index (χ0n) is 7.76. The van der Waals surface area contributed by atoms with Crippen molar-refractivity contribution in [3.63, 3.8) is 0 Å². The van der Waals surface area contributed by atoms with Crippen LogP contribution in [0.4, 0.5) is 0 Å². The van der Waals surface area contributed by atoms with Gasteiger partial charge in [-0.25, -0.2) is 0 Å². The molecule has 8 nitrogen and oxygen atoms in total. The maximum Gasteiger partial charge on any atom is 0.232 e.